The maximum atomic E-state index is 12.7. The Morgan fingerprint density at radius 2 is 1.70 bits per heavy atom. The molecule has 0 fully saturated rings. The van der Waals surface area contributed by atoms with Gasteiger partial charge in [-0.1, -0.05) is 54.6 Å². The van der Waals surface area contributed by atoms with E-state index in [-0.39, 0.29) is 18.0 Å². The Morgan fingerprint density at radius 1 is 0.963 bits per heavy atom. The minimum Gasteiger partial charge on any atom is -0.508 e. The molecule has 0 saturated heterocycles. The van der Waals surface area contributed by atoms with Crippen LogP contribution in [0.1, 0.15) is 33.0 Å². The lowest BCUT2D eigenvalue weighted by molar-refractivity contribution is 0.0916. The van der Waals surface area contributed by atoms with E-state index in [1.165, 1.54) is 11.1 Å². The molecule has 0 unspecified atom stereocenters. The van der Waals surface area contributed by atoms with Crippen LogP contribution >= 0.6 is 0 Å². The van der Waals surface area contributed by atoms with Crippen LogP contribution in [0.15, 0.2) is 72.8 Å². The van der Waals surface area contributed by atoms with Crippen LogP contribution in [0.2, 0.25) is 0 Å². The Morgan fingerprint density at radius 3 is 2.59 bits per heavy atom. The molecule has 1 amide bonds. The Kier molecular flexibility index (Phi) is 3.64. The molecule has 3 aromatic carbocycles. The van der Waals surface area contributed by atoms with Crippen molar-refractivity contribution in [2.45, 2.75) is 25.0 Å². The molecule has 4 heteroatoms. The highest BCUT2D eigenvalue weighted by molar-refractivity contribution is 6.02. The summed E-state index contributed by atoms with van der Waals surface area (Å²) >= 11 is 0. The Balaban J connectivity index is 1.63. The van der Waals surface area contributed by atoms with Gasteiger partial charge in [-0.15, -0.1) is 0 Å². The van der Waals surface area contributed by atoms with Crippen molar-refractivity contribution in [1.29, 1.82) is 0 Å². The number of amides is 1. The lowest BCUT2D eigenvalue weighted by Gasteiger charge is -2.47. The van der Waals surface area contributed by atoms with Gasteiger partial charge in [0, 0.05) is 12.5 Å². The summed E-state index contributed by atoms with van der Waals surface area (Å²) in [5, 5.41) is 13.5. The first-order valence-corrected chi connectivity index (χ1v) is 9.23. The molecular weight excluding hydrogens is 336 g/mol. The maximum absolute atomic E-state index is 12.7. The van der Waals surface area contributed by atoms with E-state index in [2.05, 4.69) is 28.4 Å². The molecule has 2 heterocycles. The molecule has 4 nitrogen and oxygen atoms in total. The van der Waals surface area contributed by atoms with E-state index in [0.717, 1.165) is 23.4 Å². The van der Waals surface area contributed by atoms with E-state index in [4.69, 9.17) is 0 Å². The molecule has 0 aliphatic carbocycles. The number of carbonyl (C=O) groups is 1. The van der Waals surface area contributed by atoms with Gasteiger partial charge in [0.15, 0.2) is 0 Å². The van der Waals surface area contributed by atoms with E-state index in [1.807, 2.05) is 48.5 Å². The molecule has 2 aliphatic heterocycles. The molecule has 0 radical (unpaired) electrons. The fourth-order valence-corrected chi connectivity index (χ4v) is 4.39. The summed E-state index contributed by atoms with van der Waals surface area (Å²) in [5.41, 5.74) is 5.09. The molecule has 134 valence electrons. The number of fused-ring (bicyclic) bond motifs is 4. The van der Waals surface area contributed by atoms with Crippen LogP contribution in [0.3, 0.4) is 0 Å². The highest BCUT2D eigenvalue weighted by atomic mass is 16.3. The van der Waals surface area contributed by atoms with Crippen molar-refractivity contribution in [3.05, 3.63) is 95.1 Å². The monoisotopic (exact) mass is 356 g/mol. The van der Waals surface area contributed by atoms with Gasteiger partial charge in [0.1, 0.15) is 11.9 Å². The number of phenols is 1. The number of nitrogens with one attached hydrogen (secondary N) is 1. The van der Waals surface area contributed by atoms with Crippen molar-refractivity contribution in [3.8, 4) is 5.75 Å². The first kappa shape index (κ1) is 15.9. The van der Waals surface area contributed by atoms with Gasteiger partial charge in [0.05, 0.1) is 11.3 Å². The second kappa shape index (κ2) is 6.16. The number of aromatic hydroxyl groups is 1. The third-order valence-corrected chi connectivity index (χ3v) is 5.68. The van der Waals surface area contributed by atoms with Crippen LogP contribution in [0, 0.1) is 0 Å². The van der Waals surface area contributed by atoms with Gasteiger partial charge in [-0.25, -0.2) is 0 Å². The van der Waals surface area contributed by atoms with E-state index >= 15 is 0 Å². The van der Waals surface area contributed by atoms with Crippen molar-refractivity contribution < 1.29 is 9.90 Å². The number of para-hydroxylation sites is 2. The van der Waals surface area contributed by atoms with Crippen molar-refractivity contribution in [2.24, 2.45) is 0 Å². The van der Waals surface area contributed by atoms with Crippen molar-refractivity contribution in [2.75, 3.05) is 4.90 Å². The maximum Gasteiger partial charge on any atom is 0.254 e. The summed E-state index contributed by atoms with van der Waals surface area (Å²) in [7, 11) is 0. The molecule has 0 bridgehead atoms. The Labute approximate surface area is 158 Å². The van der Waals surface area contributed by atoms with Crippen molar-refractivity contribution >= 4 is 11.6 Å². The first-order valence-electron chi connectivity index (χ1n) is 9.23. The fourth-order valence-electron chi connectivity index (χ4n) is 4.39. The number of phenolic OH excluding ortho intramolecular Hbond substituents is 1. The zero-order chi connectivity index (χ0) is 18.4. The Bertz CT molecular complexity index is 1030. The van der Waals surface area contributed by atoms with Crippen molar-refractivity contribution in [3.63, 3.8) is 0 Å². The average Bonchev–Trinajstić information content (AvgIpc) is 2.70. The number of hydrogen-bond acceptors (Lipinski definition) is 3. The SMILES string of the molecule is O=C1N[C@@H]2[C@@H](Cc3ccccc3O)c3ccccc3CN2c2ccccc21. The van der Waals surface area contributed by atoms with Crippen LogP contribution in [0.5, 0.6) is 5.75 Å². The zero-order valence-corrected chi connectivity index (χ0v) is 14.8. The lowest BCUT2D eigenvalue weighted by Crippen LogP contribution is -2.57. The third kappa shape index (κ3) is 2.56. The second-order valence-corrected chi connectivity index (χ2v) is 7.20. The molecule has 3 aromatic rings. The van der Waals surface area contributed by atoms with Gasteiger partial charge in [0.25, 0.3) is 5.91 Å². The van der Waals surface area contributed by atoms with Gasteiger partial charge in [-0.05, 0) is 41.3 Å². The van der Waals surface area contributed by atoms with Gasteiger partial charge in [-0.2, -0.15) is 0 Å². The van der Waals surface area contributed by atoms with E-state index in [9.17, 15) is 9.90 Å². The zero-order valence-electron chi connectivity index (χ0n) is 14.8. The quantitative estimate of drug-likeness (QED) is 0.734. The van der Waals surface area contributed by atoms with Gasteiger partial charge >= 0.3 is 0 Å². The van der Waals surface area contributed by atoms with Gasteiger partial charge < -0.3 is 15.3 Å². The highest BCUT2D eigenvalue weighted by Gasteiger charge is 2.40. The predicted octanol–water partition coefficient (Wildman–Crippen LogP) is 3.81. The smallest absolute Gasteiger partial charge is 0.254 e. The number of hydrogen-bond donors (Lipinski definition) is 2. The topological polar surface area (TPSA) is 52.6 Å². The van der Waals surface area contributed by atoms with E-state index in [1.54, 1.807) is 6.07 Å². The number of anilines is 1. The number of rotatable bonds is 2. The molecule has 2 atom stereocenters. The average molecular weight is 356 g/mol. The minimum absolute atomic E-state index is 0.0338. The second-order valence-electron chi connectivity index (χ2n) is 7.20. The molecule has 27 heavy (non-hydrogen) atoms. The first-order chi connectivity index (χ1) is 13.2. The van der Waals surface area contributed by atoms with Crippen LogP contribution < -0.4 is 10.2 Å². The van der Waals surface area contributed by atoms with Crippen molar-refractivity contribution in [1.82, 2.24) is 5.32 Å². The standard InChI is InChI=1S/C23H20N2O2/c26-21-12-6-2-7-15(21)13-19-17-9-3-1-8-16(17)14-25-20-11-5-4-10-18(20)23(27)24-22(19)25/h1-12,19,22,26H,13-14H2,(H,24,27)/t19-,22-/m0/s1. The van der Waals surface area contributed by atoms with Gasteiger partial charge in [-0.3, -0.25) is 4.79 Å². The predicted molar refractivity (Wildman–Crippen MR) is 105 cm³/mol. The minimum atomic E-state index is -0.137. The third-order valence-electron chi connectivity index (χ3n) is 5.68. The van der Waals surface area contributed by atoms with Crippen LogP contribution in [-0.4, -0.2) is 17.2 Å². The lowest BCUT2D eigenvalue weighted by atomic mass is 9.81. The number of benzene rings is 3. The number of carbonyl (C=O) groups excluding carboxylic acids is 1. The molecular formula is C23H20N2O2. The summed E-state index contributed by atoms with van der Waals surface area (Å²) in [6.07, 6.45) is 0.523. The molecule has 2 aliphatic rings. The summed E-state index contributed by atoms with van der Waals surface area (Å²) in [5.74, 6) is 0.323. The molecule has 0 spiro atoms. The molecule has 5 rings (SSSR count). The summed E-state index contributed by atoms with van der Waals surface area (Å²) in [6.45, 7) is 0.759. The summed E-state index contributed by atoms with van der Waals surface area (Å²) in [6, 6.07) is 23.6. The Hall–Kier alpha value is -3.27. The molecule has 0 aromatic heterocycles. The van der Waals surface area contributed by atoms with Crippen LogP contribution in [-0.2, 0) is 13.0 Å². The number of nitrogens with zero attached hydrogens (tertiary/aromatic N) is 1. The van der Waals surface area contributed by atoms with E-state index in [0.29, 0.717) is 12.2 Å². The van der Waals surface area contributed by atoms with Crippen LogP contribution in [0.4, 0.5) is 5.69 Å². The summed E-state index contributed by atoms with van der Waals surface area (Å²) < 4.78 is 0. The molecule has 2 N–H and O–H groups in total. The van der Waals surface area contributed by atoms with Crippen LogP contribution in [0.25, 0.3) is 0 Å². The fraction of sp³-hybridized carbons (Fsp3) is 0.174. The largest absolute Gasteiger partial charge is 0.508 e. The van der Waals surface area contributed by atoms with E-state index < -0.39 is 0 Å². The normalized spacial score (nSPS) is 20.3. The molecule has 0 saturated carbocycles. The summed E-state index contributed by atoms with van der Waals surface area (Å²) in [4.78, 5) is 15.0. The van der Waals surface area contributed by atoms with Gasteiger partial charge in [0.2, 0.25) is 0 Å². The highest BCUT2D eigenvalue weighted by Crippen LogP contribution is 2.41.